The minimum atomic E-state index is -3.73. The van der Waals surface area contributed by atoms with Crippen molar-refractivity contribution in [3.63, 3.8) is 0 Å². The summed E-state index contributed by atoms with van der Waals surface area (Å²) in [5.41, 5.74) is 3.24. The molecular formula is C22H31NO5S2. The molecule has 0 saturated carbocycles. The Hall–Kier alpha value is -1.90. The minimum absolute atomic E-state index is 0.121. The molecular weight excluding hydrogens is 422 g/mol. The predicted octanol–water partition coefficient (Wildman–Crippen LogP) is 4.33. The Labute approximate surface area is 181 Å². The monoisotopic (exact) mass is 453 g/mol. The number of rotatable bonds is 9. The molecule has 0 aromatic heterocycles. The lowest BCUT2D eigenvalue weighted by Crippen LogP contribution is -2.38. The second-order valence-electron chi connectivity index (χ2n) is 7.61. The minimum Gasteiger partial charge on any atom is -0.382 e. The number of aryl methyl sites for hydroxylation is 3. The van der Waals surface area contributed by atoms with Gasteiger partial charge in [-0.3, -0.25) is 0 Å². The van der Waals surface area contributed by atoms with Gasteiger partial charge in [-0.05, 0) is 69.9 Å². The first-order valence-electron chi connectivity index (χ1n) is 10.0. The molecule has 2 rings (SSSR count). The van der Waals surface area contributed by atoms with Crippen LogP contribution in [0.1, 0.15) is 49.4 Å². The van der Waals surface area contributed by atoms with Crippen LogP contribution in [0.5, 0.6) is 5.75 Å². The first kappa shape index (κ1) is 24.4. The van der Waals surface area contributed by atoms with Crippen molar-refractivity contribution in [3.8, 4) is 5.75 Å². The van der Waals surface area contributed by atoms with Gasteiger partial charge in [0.1, 0.15) is 5.75 Å². The fourth-order valence-electron chi connectivity index (χ4n) is 3.41. The fraction of sp³-hybridized carbons (Fsp3) is 0.455. The van der Waals surface area contributed by atoms with Crippen LogP contribution in [0.4, 0.5) is 0 Å². The van der Waals surface area contributed by atoms with E-state index in [0.29, 0.717) is 11.3 Å². The summed E-state index contributed by atoms with van der Waals surface area (Å²) in [7, 11) is -7.33. The predicted molar refractivity (Wildman–Crippen MR) is 120 cm³/mol. The number of benzene rings is 2. The van der Waals surface area contributed by atoms with Crippen molar-refractivity contribution in [1.29, 1.82) is 0 Å². The van der Waals surface area contributed by atoms with Gasteiger partial charge in [0.15, 0.2) is 0 Å². The molecule has 8 heteroatoms. The normalized spacial score (nSPS) is 13.4. The number of hydrogen-bond acceptors (Lipinski definition) is 5. The molecule has 1 unspecified atom stereocenters. The van der Waals surface area contributed by atoms with E-state index in [1.54, 1.807) is 24.3 Å². The molecule has 0 bridgehead atoms. The van der Waals surface area contributed by atoms with E-state index in [1.165, 1.54) is 11.2 Å². The average Bonchev–Trinajstić information content (AvgIpc) is 2.65. The largest absolute Gasteiger partial charge is 0.382 e. The van der Waals surface area contributed by atoms with Gasteiger partial charge in [-0.15, -0.1) is 0 Å². The molecule has 0 aliphatic carbocycles. The van der Waals surface area contributed by atoms with Crippen LogP contribution in [0, 0.1) is 20.8 Å². The SMILES string of the molecule is CCC(C)N(Cc1ccc(OS(=O)(=O)CC)cc1)S(=O)(=O)c1c(C)cc(C)cc1C. The van der Waals surface area contributed by atoms with Crippen LogP contribution in [0.2, 0.25) is 0 Å². The van der Waals surface area contributed by atoms with Crippen molar-refractivity contribution >= 4 is 20.1 Å². The highest BCUT2D eigenvalue weighted by molar-refractivity contribution is 7.89. The lowest BCUT2D eigenvalue weighted by molar-refractivity contribution is 0.322. The molecule has 0 N–H and O–H groups in total. The Morgan fingerprint density at radius 1 is 0.933 bits per heavy atom. The highest BCUT2D eigenvalue weighted by Crippen LogP contribution is 2.29. The van der Waals surface area contributed by atoms with E-state index < -0.39 is 20.1 Å². The molecule has 0 heterocycles. The van der Waals surface area contributed by atoms with Crippen LogP contribution < -0.4 is 4.18 Å². The Balaban J connectivity index is 2.40. The number of hydrogen-bond donors (Lipinski definition) is 0. The molecule has 6 nitrogen and oxygen atoms in total. The molecule has 1 atom stereocenters. The molecule has 30 heavy (non-hydrogen) atoms. The molecule has 166 valence electrons. The van der Waals surface area contributed by atoms with Gasteiger partial charge in [0.2, 0.25) is 10.0 Å². The van der Waals surface area contributed by atoms with E-state index in [1.807, 2.05) is 46.8 Å². The number of sulfonamides is 1. The van der Waals surface area contributed by atoms with E-state index in [0.717, 1.165) is 22.3 Å². The summed E-state index contributed by atoms with van der Waals surface area (Å²) >= 11 is 0. The number of nitrogens with zero attached hydrogens (tertiary/aromatic N) is 1. The van der Waals surface area contributed by atoms with Crippen LogP contribution in [-0.2, 0) is 26.7 Å². The van der Waals surface area contributed by atoms with Crippen molar-refractivity contribution < 1.29 is 21.0 Å². The third-order valence-electron chi connectivity index (χ3n) is 5.09. The Bertz CT molecular complexity index is 1070. The summed E-state index contributed by atoms with van der Waals surface area (Å²) < 4.78 is 57.0. The molecule has 0 amide bonds. The zero-order valence-electron chi connectivity index (χ0n) is 18.5. The van der Waals surface area contributed by atoms with E-state index in [2.05, 4.69) is 0 Å². The standard InChI is InChI=1S/C22H31NO5S2/c1-7-19(6)23(30(26,27)22-17(4)13-16(3)14-18(22)5)15-20-9-11-21(12-10-20)28-29(24,25)8-2/h9-14,19H,7-8,15H2,1-6H3. The van der Waals surface area contributed by atoms with Gasteiger partial charge < -0.3 is 4.18 Å². The second-order valence-corrected chi connectivity index (χ2v) is 11.3. The van der Waals surface area contributed by atoms with Crippen molar-refractivity contribution in [2.45, 2.75) is 65.4 Å². The van der Waals surface area contributed by atoms with E-state index >= 15 is 0 Å². The molecule has 0 fully saturated rings. The van der Waals surface area contributed by atoms with E-state index in [-0.39, 0.29) is 24.1 Å². The van der Waals surface area contributed by atoms with Crippen molar-refractivity contribution in [3.05, 3.63) is 58.7 Å². The maximum Gasteiger partial charge on any atom is 0.308 e. The summed E-state index contributed by atoms with van der Waals surface area (Å²) in [5, 5.41) is 0. The smallest absolute Gasteiger partial charge is 0.308 e. The quantitative estimate of drug-likeness (QED) is 0.528. The van der Waals surface area contributed by atoms with E-state index in [4.69, 9.17) is 4.18 Å². The highest BCUT2D eigenvalue weighted by atomic mass is 32.2. The maximum absolute atomic E-state index is 13.6. The van der Waals surface area contributed by atoms with Crippen molar-refractivity contribution in [2.24, 2.45) is 0 Å². The molecule has 0 radical (unpaired) electrons. The van der Waals surface area contributed by atoms with Gasteiger partial charge in [0.05, 0.1) is 10.6 Å². The zero-order chi connectivity index (χ0) is 22.7. The fourth-order valence-corrected chi connectivity index (χ4v) is 6.04. The zero-order valence-corrected chi connectivity index (χ0v) is 20.1. The van der Waals surface area contributed by atoms with Crippen LogP contribution in [0.3, 0.4) is 0 Å². The first-order chi connectivity index (χ1) is 13.9. The molecule has 0 aliphatic rings. The lowest BCUT2D eigenvalue weighted by Gasteiger charge is -2.29. The van der Waals surface area contributed by atoms with Crippen LogP contribution in [0.25, 0.3) is 0 Å². The summed E-state index contributed by atoms with van der Waals surface area (Å²) in [6, 6.07) is 10.1. The third kappa shape index (κ3) is 5.62. The van der Waals surface area contributed by atoms with Gasteiger partial charge in [0.25, 0.3) is 0 Å². The topological polar surface area (TPSA) is 80.8 Å². The Morgan fingerprint density at radius 2 is 1.47 bits per heavy atom. The summed E-state index contributed by atoms with van der Waals surface area (Å²) in [6.45, 7) is 11.1. The van der Waals surface area contributed by atoms with Crippen LogP contribution in [0.15, 0.2) is 41.3 Å². The van der Waals surface area contributed by atoms with Crippen LogP contribution in [-0.4, -0.2) is 32.9 Å². The van der Waals surface area contributed by atoms with Gasteiger partial charge >= 0.3 is 10.1 Å². The average molecular weight is 454 g/mol. The summed E-state index contributed by atoms with van der Waals surface area (Å²) in [6.07, 6.45) is 0.666. The highest BCUT2D eigenvalue weighted by Gasteiger charge is 2.31. The molecule has 2 aromatic carbocycles. The maximum atomic E-state index is 13.6. The van der Waals surface area contributed by atoms with Gasteiger partial charge in [0, 0.05) is 12.6 Å². The van der Waals surface area contributed by atoms with Gasteiger partial charge in [-0.25, -0.2) is 8.42 Å². The summed E-state index contributed by atoms with van der Waals surface area (Å²) in [5.74, 6) is 0.0908. The molecule has 2 aromatic rings. The third-order valence-corrected chi connectivity index (χ3v) is 8.51. The lowest BCUT2D eigenvalue weighted by atomic mass is 10.1. The Morgan fingerprint density at radius 3 is 1.93 bits per heavy atom. The van der Waals surface area contributed by atoms with Crippen molar-refractivity contribution in [2.75, 3.05) is 5.75 Å². The first-order valence-corrected chi connectivity index (χ1v) is 13.0. The molecule has 0 spiro atoms. The summed E-state index contributed by atoms with van der Waals surface area (Å²) in [4.78, 5) is 0.349. The molecule has 0 aliphatic heterocycles. The van der Waals surface area contributed by atoms with Crippen LogP contribution >= 0.6 is 0 Å². The Kier molecular flexibility index (Phi) is 7.71. The van der Waals surface area contributed by atoms with Crippen molar-refractivity contribution in [1.82, 2.24) is 4.31 Å². The molecule has 0 saturated heterocycles. The van der Waals surface area contributed by atoms with Gasteiger partial charge in [-0.2, -0.15) is 12.7 Å². The second kappa shape index (κ2) is 9.49. The van der Waals surface area contributed by atoms with Gasteiger partial charge in [-0.1, -0.05) is 36.8 Å². The van der Waals surface area contributed by atoms with E-state index in [9.17, 15) is 16.8 Å².